The Morgan fingerprint density at radius 3 is 2.13 bits per heavy atom. The summed E-state index contributed by atoms with van der Waals surface area (Å²) in [4.78, 5) is 24.1. The molecule has 0 radical (unpaired) electrons. The Kier molecular flexibility index (Phi) is 3.55. The molecule has 0 aromatic heterocycles. The zero-order valence-electron chi connectivity index (χ0n) is 9.25. The summed E-state index contributed by atoms with van der Waals surface area (Å²) in [5, 5.41) is 11.2. The summed E-state index contributed by atoms with van der Waals surface area (Å²) >= 11 is 0. The summed E-state index contributed by atoms with van der Waals surface area (Å²) in [6, 6.07) is 0. The third-order valence-electron chi connectivity index (χ3n) is 2.87. The number of hydrogen-bond acceptors (Lipinski definition) is 2. The minimum Gasteiger partial charge on any atom is -0.465 e. The van der Waals surface area contributed by atoms with E-state index in [1.54, 1.807) is 14.1 Å². The van der Waals surface area contributed by atoms with E-state index >= 15 is 0 Å². The van der Waals surface area contributed by atoms with Gasteiger partial charge in [0.05, 0.1) is 0 Å². The van der Waals surface area contributed by atoms with E-state index in [0.717, 1.165) is 19.3 Å². The number of carbonyl (C=O) groups excluding carboxylic acids is 1. The first-order valence-electron chi connectivity index (χ1n) is 5.21. The summed E-state index contributed by atoms with van der Waals surface area (Å²) in [7, 11) is 3.31. The second kappa shape index (κ2) is 4.51. The van der Waals surface area contributed by atoms with Crippen molar-refractivity contribution >= 4 is 12.0 Å². The molecule has 5 heteroatoms. The molecule has 0 heterocycles. The summed E-state index contributed by atoms with van der Waals surface area (Å²) < 4.78 is 0. The molecule has 2 amide bonds. The van der Waals surface area contributed by atoms with Crippen LogP contribution in [0.1, 0.15) is 32.1 Å². The Labute approximate surface area is 89.4 Å². The average molecular weight is 214 g/mol. The molecule has 0 saturated heterocycles. The van der Waals surface area contributed by atoms with Crippen LogP contribution in [-0.2, 0) is 4.79 Å². The van der Waals surface area contributed by atoms with Crippen LogP contribution in [0.5, 0.6) is 0 Å². The number of rotatable bonds is 2. The quantitative estimate of drug-likeness (QED) is 0.721. The van der Waals surface area contributed by atoms with Crippen molar-refractivity contribution in [2.24, 2.45) is 0 Å². The number of hydrogen-bond donors (Lipinski definition) is 2. The van der Waals surface area contributed by atoms with Crippen LogP contribution in [0.3, 0.4) is 0 Å². The highest BCUT2D eigenvalue weighted by Crippen LogP contribution is 2.29. The zero-order valence-corrected chi connectivity index (χ0v) is 9.25. The van der Waals surface area contributed by atoms with Gasteiger partial charge >= 0.3 is 6.09 Å². The maximum absolute atomic E-state index is 12.0. The second-order valence-electron chi connectivity index (χ2n) is 4.27. The fourth-order valence-electron chi connectivity index (χ4n) is 2.18. The van der Waals surface area contributed by atoms with Gasteiger partial charge in [-0.3, -0.25) is 4.79 Å². The van der Waals surface area contributed by atoms with Crippen molar-refractivity contribution in [1.82, 2.24) is 10.2 Å². The molecule has 1 saturated carbocycles. The van der Waals surface area contributed by atoms with Gasteiger partial charge in [-0.2, -0.15) is 0 Å². The Morgan fingerprint density at radius 1 is 1.20 bits per heavy atom. The summed E-state index contributed by atoms with van der Waals surface area (Å²) in [6.07, 6.45) is 2.97. The highest BCUT2D eigenvalue weighted by molar-refractivity contribution is 5.89. The molecule has 2 N–H and O–H groups in total. The topological polar surface area (TPSA) is 69.6 Å². The first-order valence-corrected chi connectivity index (χ1v) is 5.21. The molecule has 1 aliphatic carbocycles. The third-order valence-corrected chi connectivity index (χ3v) is 2.87. The van der Waals surface area contributed by atoms with Gasteiger partial charge in [-0.1, -0.05) is 19.3 Å². The highest BCUT2D eigenvalue weighted by atomic mass is 16.4. The number of nitrogens with one attached hydrogen (secondary N) is 1. The molecule has 1 aliphatic rings. The Hall–Kier alpha value is -1.26. The van der Waals surface area contributed by atoms with Crippen molar-refractivity contribution in [2.75, 3.05) is 14.1 Å². The maximum Gasteiger partial charge on any atom is 0.405 e. The number of carbonyl (C=O) groups is 2. The SMILES string of the molecule is CN(C)C(=O)C1(NC(=O)O)CCCCC1. The van der Waals surface area contributed by atoms with Crippen LogP contribution in [0, 0.1) is 0 Å². The zero-order chi connectivity index (χ0) is 11.5. The first-order chi connectivity index (χ1) is 6.98. The van der Waals surface area contributed by atoms with E-state index in [1.807, 2.05) is 0 Å². The van der Waals surface area contributed by atoms with Gasteiger partial charge in [0.2, 0.25) is 5.91 Å². The van der Waals surface area contributed by atoms with Crippen LogP contribution in [0.25, 0.3) is 0 Å². The van der Waals surface area contributed by atoms with Crippen molar-refractivity contribution < 1.29 is 14.7 Å². The lowest BCUT2D eigenvalue weighted by Crippen LogP contribution is -2.59. The Morgan fingerprint density at radius 2 is 1.73 bits per heavy atom. The fraction of sp³-hybridized carbons (Fsp3) is 0.800. The van der Waals surface area contributed by atoms with Gasteiger partial charge < -0.3 is 15.3 Å². The summed E-state index contributed by atoms with van der Waals surface area (Å²) in [6.45, 7) is 0. The summed E-state index contributed by atoms with van der Waals surface area (Å²) in [5.41, 5.74) is -0.881. The van der Waals surface area contributed by atoms with Crippen LogP contribution in [0.2, 0.25) is 0 Å². The van der Waals surface area contributed by atoms with E-state index in [4.69, 9.17) is 5.11 Å². The normalized spacial score (nSPS) is 19.3. The molecule has 1 rings (SSSR count). The van der Waals surface area contributed by atoms with Gasteiger partial charge in [-0.25, -0.2) is 4.79 Å². The van der Waals surface area contributed by atoms with Crippen LogP contribution >= 0.6 is 0 Å². The molecule has 0 aromatic rings. The van der Waals surface area contributed by atoms with E-state index < -0.39 is 11.6 Å². The fourth-order valence-corrected chi connectivity index (χ4v) is 2.18. The minimum atomic E-state index is -1.12. The molecule has 0 aliphatic heterocycles. The number of nitrogens with zero attached hydrogens (tertiary/aromatic N) is 1. The standard InChI is InChI=1S/C10H18N2O3/c1-12(2)8(13)10(11-9(14)15)6-4-3-5-7-10/h11H,3-7H2,1-2H3,(H,14,15). The van der Waals surface area contributed by atoms with Crippen LogP contribution in [0.15, 0.2) is 0 Å². The lowest BCUT2D eigenvalue weighted by molar-refractivity contribution is -0.137. The maximum atomic E-state index is 12.0. The lowest BCUT2D eigenvalue weighted by atomic mass is 9.80. The number of likely N-dealkylation sites (N-methyl/N-ethyl adjacent to an activating group) is 1. The van der Waals surface area contributed by atoms with Crippen molar-refractivity contribution in [3.8, 4) is 0 Å². The van der Waals surface area contributed by atoms with Crippen molar-refractivity contribution in [3.05, 3.63) is 0 Å². The lowest BCUT2D eigenvalue weighted by Gasteiger charge is -2.37. The van der Waals surface area contributed by atoms with Gasteiger partial charge in [0.1, 0.15) is 5.54 Å². The predicted octanol–water partition coefficient (Wildman–Crippen LogP) is 1.05. The molecule has 5 nitrogen and oxygen atoms in total. The smallest absolute Gasteiger partial charge is 0.405 e. The Bertz CT molecular complexity index is 257. The monoisotopic (exact) mass is 214 g/mol. The number of carboxylic acid groups (broad SMARTS) is 1. The predicted molar refractivity (Wildman–Crippen MR) is 55.7 cm³/mol. The molecule has 15 heavy (non-hydrogen) atoms. The van der Waals surface area contributed by atoms with Crippen LogP contribution in [0.4, 0.5) is 4.79 Å². The summed E-state index contributed by atoms with van der Waals surface area (Å²) in [5.74, 6) is -0.135. The first kappa shape index (κ1) is 11.8. The van der Waals surface area contributed by atoms with Gasteiger partial charge in [0.15, 0.2) is 0 Å². The molecule has 0 bridgehead atoms. The molecule has 0 unspecified atom stereocenters. The van der Waals surface area contributed by atoms with E-state index in [-0.39, 0.29) is 5.91 Å². The van der Waals surface area contributed by atoms with Crippen LogP contribution < -0.4 is 5.32 Å². The van der Waals surface area contributed by atoms with Crippen molar-refractivity contribution in [3.63, 3.8) is 0 Å². The molecule has 86 valence electrons. The Balaban J connectivity index is 2.84. The van der Waals surface area contributed by atoms with Crippen molar-refractivity contribution in [1.29, 1.82) is 0 Å². The highest BCUT2D eigenvalue weighted by Gasteiger charge is 2.41. The minimum absolute atomic E-state index is 0.135. The van der Waals surface area contributed by atoms with Gasteiger partial charge in [-0.15, -0.1) is 0 Å². The largest absolute Gasteiger partial charge is 0.465 e. The molecule has 0 atom stereocenters. The second-order valence-corrected chi connectivity index (χ2v) is 4.27. The molecular weight excluding hydrogens is 196 g/mol. The van der Waals surface area contributed by atoms with E-state index in [9.17, 15) is 9.59 Å². The molecular formula is C10H18N2O3. The van der Waals surface area contributed by atoms with Crippen molar-refractivity contribution in [2.45, 2.75) is 37.6 Å². The van der Waals surface area contributed by atoms with Gasteiger partial charge in [0.25, 0.3) is 0 Å². The number of amides is 2. The molecule has 0 spiro atoms. The van der Waals surface area contributed by atoms with Gasteiger partial charge in [0, 0.05) is 14.1 Å². The van der Waals surface area contributed by atoms with E-state index in [2.05, 4.69) is 5.32 Å². The van der Waals surface area contributed by atoms with Gasteiger partial charge in [-0.05, 0) is 12.8 Å². The van der Waals surface area contributed by atoms with E-state index in [0.29, 0.717) is 12.8 Å². The average Bonchev–Trinajstić information content (AvgIpc) is 2.16. The van der Waals surface area contributed by atoms with E-state index in [1.165, 1.54) is 4.90 Å². The third kappa shape index (κ3) is 2.61. The molecule has 1 fully saturated rings. The molecule has 0 aromatic carbocycles. The van der Waals surface area contributed by atoms with Crippen LogP contribution in [-0.4, -0.2) is 41.6 Å².